The van der Waals surface area contributed by atoms with Gasteiger partial charge in [-0.3, -0.25) is 4.90 Å². The van der Waals surface area contributed by atoms with Crippen molar-refractivity contribution in [1.82, 2.24) is 10.2 Å². The summed E-state index contributed by atoms with van der Waals surface area (Å²) in [7, 11) is 0. The molecule has 112 valence electrons. The first kappa shape index (κ1) is 15.2. The Hall–Kier alpha value is -0.160. The molecule has 0 saturated carbocycles. The summed E-state index contributed by atoms with van der Waals surface area (Å²) in [6, 6.07) is 0.481. The van der Waals surface area contributed by atoms with Gasteiger partial charge in [-0.25, -0.2) is 0 Å². The summed E-state index contributed by atoms with van der Waals surface area (Å²) in [5, 5.41) is 3.61. The largest absolute Gasteiger partial charge is 0.377 e. The van der Waals surface area contributed by atoms with Crippen LogP contribution in [0.4, 0.5) is 0 Å². The van der Waals surface area contributed by atoms with Gasteiger partial charge in [-0.2, -0.15) is 0 Å². The van der Waals surface area contributed by atoms with Gasteiger partial charge in [0.15, 0.2) is 0 Å². The van der Waals surface area contributed by atoms with E-state index < -0.39 is 0 Å². The van der Waals surface area contributed by atoms with Gasteiger partial charge in [-0.1, -0.05) is 0 Å². The Morgan fingerprint density at radius 3 is 3.00 bits per heavy atom. The zero-order valence-electron chi connectivity index (χ0n) is 12.6. The molecule has 0 amide bonds. The van der Waals surface area contributed by atoms with Gasteiger partial charge in [0.1, 0.15) is 0 Å². The molecule has 0 radical (unpaired) electrons. The molecule has 1 N–H and O–H groups in total. The van der Waals surface area contributed by atoms with Crippen LogP contribution in [0.2, 0.25) is 0 Å². The first-order valence-corrected chi connectivity index (χ1v) is 7.98. The second-order valence-corrected chi connectivity index (χ2v) is 5.81. The minimum absolute atomic E-state index is 0.428. The fourth-order valence-corrected chi connectivity index (χ4v) is 3.17. The second kappa shape index (κ2) is 8.20. The summed E-state index contributed by atoms with van der Waals surface area (Å²) in [5.74, 6) is 0. The number of ether oxygens (including phenoxy) is 2. The minimum Gasteiger partial charge on any atom is -0.377 e. The lowest BCUT2D eigenvalue weighted by Crippen LogP contribution is -2.45. The van der Waals surface area contributed by atoms with Crippen molar-refractivity contribution in [3.8, 4) is 0 Å². The lowest BCUT2D eigenvalue weighted by atomic mass is 10.1. The summed E-state index contributed by atoms with van der Waals surface area (Å²) in [4.78, 5) is 2.53. The van der Waals surface area contributed by atoms with E-state index in [-0.39, 0.29) is 0 Å². The van der Waals surface area contributed by atoms with Crippen LogP contribution in [0.3, 0.4) is 0 Å². The van der Waals surface area contributed by atoms with E-state index in [0.717, 1.165) is 32.8 Å². The third kappa shape index (κ3) is 5.03. The van der Waals surface area contributed by atoms with Crippen molar-refractivity contribution in [2.75, 3.05) is 39.4 Å². The predicted octanol–water partition coefficient (Wildman–Crippen LogP) is 1.64. The first-order valence-electron chi connectivity index (χ1n) is 7.98. The van der Waals surface area contributed by atoms with Gasteiger partial charge in [0.25, 0.3) is 0 Å². The average Bonchev–Trinajstić information content (AvgIpc) is 2.93. The molecule has 2 aliphatic heterocycles. The number of hydrogen-bond donors (Lipinski definition) is 1. The van der Waals surface area contributed by atoms with Crippen molar-refractivity contribution >= 4 is 0 Å². The highest BCUT2D eigenvalue weighted by atomic mass is 16.5. The van der Waals surface area contributed by atoms with E-state index in [1.54, 1.807) is 0 Å². The van der Waals surface area contributed by atoms with E-state index in [0.29, 0.717) is 18.2 Å². The third-order valence-electron chi connectivity index (χ3n) is 4.28. The van der Waals surface area contributed by atoms with Crippen LogP contribution in [0.25, 0.3) is 0 Å². The lowest BCUT2D eigenvalue weighted by molar-refractivity contribution is 0.00566. The molecule has 0 bridgehead atoms. The van der Waals surface area contributed by atoms with Crippen molar-refractivity contribution < 1.29 is 9.47 Å². The Balaban J connectivity index is 1.59. The molecule has 3 atom stereocenters. The number of piperidine rings is 1. The molecule has 2 rings (SSSR count). The molecule has 4 nitrogen and oxygen atoms in total. The zero-order chi connectivity index (χ0) is 13.5. The molecule has 0 aliphatic carbocycles. The van der Waals surface area contributed by atoms with Crippen LogP contribution in [0.15, 0.2) is 0 Å². The van der Waals surface area contributed by atoms with Crippen LogP contribution < -0.4 is 5.32 Å². The third-order valence-corrected chi connectivity index (χ3v) is 4.28. The fourth-order valence-electron chi connectivity index (χ4n) is 3.17. The van der Waals surface area contributed by atoms with Crippen LogP contribution in [-0.4, -0.2) is 62.5 Å². The van der Waals surface area contributed by atoms with E-state index in [2.05, 4.69) is 24.1 Å². The summed E-state index contributed by atoms with van der Waals surface area (Å²) in [6.45, 7) is 10.6. The molecule has 2 heterocycles. The van der Waals surface area contributed by atoms with Crippen molar-refractivity contribution in [3.05, 3.63) is 0 Å². The molecule has 2 aliphatic rings. The average molecular weight is 270 g/mol. The van der Waals surface area contributed by atoms with Gasteiger partial charge >= 0.3 is 0 Å². The van der Waals surface area contributed by atoms with E-state index in [4.69, 9.17) is 9.47 Å². The number of likely N-dealkylation sites (tertiary alicyclic amines) is 1. The Morgan fingerprint density at radius 1 is 1.37 bits per heavy atom. The SMILES string of the molecule is CCOC1CCCN(CCNC(C)C2CCCO2)C1. The Kier molecular flexibility index (Phi) is 6.57. The predicted molar refractivity (Wildman–Crippen MR) is 77.5 cm³/mol. The van der Waals surface area contributed by atoms with Crippen LogP contribution in [-0.2, 0) is 9.47 Å². The lowest BCUT2D eigenvalue weighted by Gasteiger charge is -2.33. The van der Waals surface area contributed by atoms with Crippen molar-refractivity contribution in [3.63, 3.8) is 0 Å². The van der Waals surface area contributed by atoms with Gasteiger partial charge in [-0.15, -0.1) is 0 Å². The smallest absolute Gasteiger partial charge is 0.0726 e. The van der Waals surface area contributed by atoms with E-state index in [1.165, 1.54) is 32.2 Å². The summed E-state index contributed by atoms with van der Waals surface area (Å²) in [6.07, 6.45) is 5.81. The summed E-state index contributed by atoms with van der Waals surface area (Å²) >= 11 is 0. The number of hydrogen-bond acceptors (Lipinski definition) is 4. The zero-order valence-corrected chi connectivity index (χ0v) is 12.6. The van der Waals surface area contributed by atoms with Crippen molar-refractivity contribution in [2.45, 2.75) is 57.8 Å². The number of nitrogens with zero attached hydrogens (tertiary/aromatic N) is 1. The maximum absolute atomic E-state index is 5.74. The molecule has 0 aromatic carbocycles. The van der Waals surface area contributed by atoms with Crippen LogP contribution in [0, 0.1) is 0 Å². The summed E-state index contributed by atoms with van der Waals surface area (Å²) < 4.78 is 11.4. The van der Waals surface area contributed by atoms with E-state index >= 15 is 0 Å². The van der Waals surface area contributed by atoms with Crippen LogP contribution >= 0.6 is 0 Å². The highest BCUT2D eigenvalue weighted by Gasteiger charge is 2.23. The maximum atomic E-state index is 5.74. The molecule has 2 fully saturated rings. The minimum atomic E-state index is 0.428. The van der Waals surface area contributed by atoms with Crippen molar-refractivity contribution in [2.24, 2.45) is 0 Å². The van der Waals surface area contributed by atoms with Crippen molar-refractivity contribution in [1.29, 1.82) is 0 Å². The monoisotopic (exact) mass is 270 g/mol. The molecular weight excluding hydrogens is 240 g/mol. The molecule has 19 heavy (non-hydrogen) atoms. The highest BCUT2D eigenvalue weighted by Crippen LogP contribution is 2.15. The van der Waals surface area contributed by atoms with Crippen LogP contribution in [0.1, 0.15) is 39.5 Å². The molecule has 0 aromatic rings. The van der Waals surface area contributed by atoms with Gasteiger partial charge in [0.05, 0.1) is 12.2 Å². The van der Waals surface area contributed by atoms with E-state index in [9.17, 15) is 0 Å². The molecule has 2 saturated heterocycles. The topological polar surface area (TPSA) is 33.7 Å². The number of nitrogens with one attached hydrogen (secondary N) is 1. The fraction of sp³-hybridized carbons (Fsp3) is 1.00. The van der Waals surface area contributed by atoms with Gasteiger partial charge < -0.3 is 14.8 Å². The molecule has 4 heteroatoms. The molecule has 0 aromatic heterocycles. The molecule has 0 spiro atoms. The van der Waals surface area contributed by atoms with Gasteiger partial charge in [0, 0.05) is 38.9 Å². The Bertz CT molecular complexity index is 242. The highest BCUT2D eigenvalue weighted by molar-refractivity contribution is 4.78. The molecule has 3 unspecified atom stereocenters. The first-order chi connectivity index (χ1) is 9.29. The van der Waals surface area contributed by atoms with Crippen LogP contribution in [0.5, 0.6) is 0 Å². The standard InChI is InChI=1S/C15H30N2O2/c1-3-18-14-6-4-9-17(12-14)10-8-16-13(2)15-7-5-11-19-15/h13-16H,3-12H2,1-2H3. The van der Waals surface area contributed by atoms with Gasteiger partial charge in [-0.05, 0) is 46.1 Å². The second-order valence-electron chi connectivity index (χ2n) is 5.81. The maximum Gasteiger partial charge on any atom is 0.0726 e. The summed E-state index contributed by atoms with van der Waals surface area (Å²) in [5.41, 5.74) is 0. The normalized spacial score (nSPS) is 30.6. The Labute approximate surface area is 117 Å². The Morgan fingerprint density at radius 2 is 2.26 bits per heavy atom. The quantitative estimate of drug-likeness (QED) is 0.762. The van der Waals surface area contributed by atoms with E-state index in [1.807, 2.05) is 0 Å². The van der Waals surface area contributed by atoms with Gasteiger partial charge in [0.2, 0.25) is 0 Å². The number of rotatable bonds is 7. The molecular formula is C15H30N2O2.